The Morgan fingerprint density at radius 3 is 2.35 bits per heavy atom. The first-order chi connectivity index (χ1) is 9.83. The fourth-order valence-electron chi connectivity index (χ4n) is 3.34. The highest BCUT2D eigenvalue weighted by atomic mass is 32.2. The number of thioether (sulfide) groups is 1. The Balaban J connectivity index is 1.47. The molecule has 2 heterocycles. The van der Waals surface area contributed by atoms with Gasteiger partial charge in [0.15, 0.2) is 0 Å². The third-order valence-electron chi connectivity index (χ3n) is 4.88. The quantitative estimate of drug-likeness (QED) is 0.779. The van der Waals surface area contributed by atoms with Crippen molar-refractivity contribution in [2.75, 3.05) is 57.3 Å². The third kappa shape index (κ3) is 3.61. The standard InChI is InChI=1S/C15H27N3OS/c19-15(18-9-11-20-12-10-18)17-6-2-5-16(7-8-17)13-14-3-1-4-14/h14H,1-13H2. The molecule has 114 valence electrons. The highest BCUT2D eigenvalue weighted by Gasteiger charge is 2.26. The monoisotopic (exact) mass is 297 g/mol. The van der Waals surface area contributed by atoms with Gasteiger partial charge in [0.1, 0.15) is 0 Å². The Morgan fingerprint density at radius 1 is 0.900 bits per heavy atom. The molecule has 0 spiro atoms. The van der Waals surface area contributed by atoms with Crippen LogP contribution in [0.1, 0.15) is 25.7 Å². The SMILES string of the molecule is O=C(N1CCSCC1)N1CCCN(CC2CCC2)CC1. The van der Waals surface area contributed by atoms with Gasteiger partial charge in [0.05, 0.1) is 0 Å². The zero-order valence-corrected chi connectivity index (χ0v) is 13.2. The Labute approximate surface area is 126 Å². The van der Waals surface area contributed by atoms with Crippen LogP contribution in [0.3, 0.4) is 0 Å². The summed E-state index contributed by atoms with van der Waals surface area (Å²) in [6, 6.07) is 0.288. The molecule has 0 aromatic heterocycles. The molecule has 2 saturated heterocycles. The van der Waals surface area contributed by atoms with E-state index in [2.05, 4.69) is 14.7 Å². The van der Waals surface area contributed by atoms with Crippen molar-refractivity contribution in [3.05, 3.63) is 0 Å². The van der Waals surface area contributed by atoms with Crippen LogP contribution < -0.4 is 0 Å². The molecule has 4 nitrogen and oxygen atoms in total. The minimum atomic E-state index is 0.288. The van der Waals surface area contributed by atoms with Gasteiger partial charge >= 0.3 is 6.03 Å². The Morgan fingerprint density at radius 2 is 1.65 bits per heavy atom. The molecule has 2 aliphatic heterocycles. The summed E-state index contributed by atoms with van der Waals surface area (Å²) in [6.07, 6.45) is 5.41. The van der Waals surface area contributed by atoms with Crippen molar-refractivity contribution in [3.8, 4) is 0 Å². The molecular formula is C15H27N3OS. The first-order valence-electron chi connectivity index (χ1n) is 8.17. The lowest BCUT2D eigenvalue weighted by atomic mass is 9.85. The second-order valence-electron chi connectivity index (χ2n) is 6.32. The van der Waals surface area contributed by atoms with Crippen LogP contribution in [0, 0.1) is 5.92 Å². The van der Waals surface area contributed by atoms with Gasteiger partial charge < -0.3 is 14.7 Å². The molecule has 0 atom stereocenters. The molecule has 2 amide bonds. The summed E-state index contributed by atoms with van der Waals surface area (Å²) in [5.41, 5.74) is 0. The van der Waals surface area contributed by atoms with E-state index in [1.807, 2.05) is 11.8 Å². The largest absolute Gasteiger partial charge is 0.323 e. The van der Waals surface area contributed by atoms with E-state index < -0.39 is 0 Å². The van der Waals surface area contributed by atoms with Gasteiger partial charge in [-0.25, -0.2) is 4.79 Å². The Bertz CT molecular complexity index is 329. The van der Waals surface area contributed by atoms with E-state index in [9.17, 15) is 4.79 Å². The molecule has 3 fully saturated rings. The van der Waals surface area contributed by atoms with E-state index in [0.29, 0.717) is 0 Å². The topological polar surface area (TPSA) is 26.8 Å². The first kappa shape index (κ1) is 14.5. The molecule has 5 heteroatoms. The van der Waals surface area contributed by atoms with Crippen LogP contribution in [0.5, 0.6) is 0 Å². The van der Waals surface area contributed by atoms with E-state index in [1.54, 1.807) is 0 Å². The van der Waals surface area contributed by atoms with Crippen molar-refractivity contribution in [2.24, 2.45) is 5.92 Å². The minimum Gasteiger partial charge on any atom is -0.323 e. The lowest BCUT2D eigenvalue weighted by Crippen LogP contribution is -2.47. The van der Waals surface area contributed by atoms with E-state index >= 15 is 0 Å². The molecule has 1 aliphatic carbocycles. The van der Waals surface area contributed by atoms with Crippen molar-refractivity contribution in [1.29, 1.82) is 0 Å². The van der Waals surface area contributed by atoms with Crippen molar-refractivity contribution < 1.29 is 4.79 Å². The number of carbonyl (C=O) groups is 1. The van der Waals surface area contributed by atoms with Crippen LogP contribution in [0.4, 0.5) is 4.79 Å². The van der Waals surface area contributed by atoms with Crippen molar-refractivity contribution >= 4 is 17.8 Å². The number of nitrogens with zero attached hydrogens (tertiary/aromatic N) is 3. The van der Waals surface area contributed by atoms with E-state index in [4.69, 9.17) is 0 Å². The van der Waals surface area contributed by atoms with Gasteiger partial charge in [0, 0.05) is 50.8 Å². The van der Waals surface area contributed by atoms with Gasteiger partial charge in [0.2, 0.25) is 0 Å². The number of carbonyl (C=O) groups excluding carboxylic acids is 1. The number of amides is 2. The van der Waals surface area contributed by atoms with Crippen LogP contribution in [0.25, 0.3) is 0 Å². The van der Waals surface area contributed by atoms with E-state index in [0.717, 1.165) is 56.6 Å². The Kier molecular flexibility index (Phi) is 5.10. The molecule has 3 rings (SSSR count). The zero-order valence-electron chi connectivity index (χ0n) is 12.4. The maximum Gasteiger partial charge on any atom is 0.320 e. The smallest absolute Gasteiger partial charge is 0.320 e. The minimum absolute atomic E-state index is 0.288. The van der Waals surface area contributed by atoms with Gasteiger partial charge in [-0.1, -0.05) is 6.42 Å². The van der Waals surface area contributed by atoms with Crippen LogP contribution in [0.15, 0.2) is 0 Å². The molecule has 0 aromatic rings. The second kappa shape index (κ2) is 7.03. The van der Waals surface area contributed by atoms with Crippen LogP contribution >= 0.6 is 11.8 Å². The number of rotatable bonds is 2. The molecule has 0 aromatic carbocycles. The zero-order chi connectivity index (χ0) is 13.8. The molecule has 1 saturated carbocycles. The van der Waals surface area contributed by atoms with Gasteiger partial charge in [0.25, 0.3) is 0 Å². The summed E-state index contributed by atoms with van der Waals surface area (Å²) in [5.74, 6) is 3.15. The van der Waals surface area contributed by atoms with E-state index in [1.165, 1.54) is 32.4 Å². The van der Waals surface area contributed by atoms with E-state index in [-0.39, 0.29) is 6.03 Å². The first-order valence-corrected chi connectivity index (χ1v) is 9.32. The Hall–Kier alpha value is -0.420. The van der Waals surface area contributed by atoms with Crippen LogP contribution in [-0.4, -0.2) is 78.0 Å². The lowest BCUT2D eigenvalue weighted by Gasteiger charge is -2.33. The summed E-state index contributed by atoms with van der Waals surface area (Å²) < 4.78 is 0. The molecule has 0 unspecified atom stereocenters. The van der Waals surface area contributed by atoms with Crippen LogP contribution in [0.2, 0.25) is 0 Å². The third-order valence-corrected chi connectivity index (χ3v) is 5.82. The van der Waals surface area contributed by atoms with Crippen molar-refractivity contribution in [2.45, 2.75) is 25.7 Å². The predicted octanol–water partition coefficient (Wildman–Crippen LogP) is 1.96. The lowest BCUT2D eigenvalue weighted by molar-refractivity contribution is 0.154. The second-order valence-corrected chi connectivity index (χ2v) is 7.54. The highest BCUT2D eigenvalue weighted by molar-refractivity contribution is 7.99. The summed E-state index contributed by atoms with van der Waals surface area (Å²) in [4.78, 5) is 19.3. The van der Waals surface area contributed by atoms with Crippen molar-refractivity contribution in [1.82, 2.24) is 14.7 Å². The number of urea groups is 1. The summed E-state index contributed by atoms with van der Waals surface area (Å²) in [5, 5.41) is 0. The molecule has 3 aliphatic rings. The molecule has 20 heavy (non-hydrogen) atoms. The molecule has 0 bridgehead atoms. The van der Waals surface area contributed by atoms with Gasteiger partial charge in [-0.2, -0.15) is 11.8 Å². The van der Waals surface area contributed by atoms with Crippen LogP contribution in [-0.2, 0) is 0 Å². The molecule has 0 radical (unpaired) electrons. The predicted molar refractivity (Wildman–Crippen MR) is 84.3 cm³/mol. The fourth-order valence-corrected chi connectivity index (χ4v) is 4.24. The fraction of sp³-hybridized carbons (Fsp3) is 0.933. The summed E-state index contributed by atoms with van der Waals surface area (Å²) in [6.45, 7) is 7.26. The highest BCUT2D eigenvalue weighted by Crippen LogP contribution is 2.27. The molecule has 0 N–H and O–H groups in total. The molecular weight excluding hydrogens is 270 g/mol. The maximum absolute atomic E-state index is 12.5. The van der Waals surface area contributed by atoms with Gasteiger partial charge in [-0.15, -0.1) is 0 Å². The number of hydrogen-bond acceptors (Lipinski definition) is 3. The van der Waals surface area contributed by atoms with Gasteiger partial charge in [-0.3, -0.25) is 0 Å². The summed E-state index contributed by atoms with van der Waals surface area (Å²) >= 11 is 1.96. The number of hydrogen-bond donors (Lipinski definition) is 0. The average molecular weight is 297 g/mol. The average Bonchev–Trinajstić information content (AvgIpc) is 2.68. The summed E-state index contributed by atoms with van der Waals surface area (Å²) in [7, 11) is 0. The maximum atomic E-state index is 12.5. The van der Waals surface area contributed by atoms with Gasteiger partial charge in [-0.05, 0) is 31.7 Å². The normalized spacial score (nSPS) is 26.2. The van der Waals surface area contributed by atoms with Crippen molar-refractivity contribution in [3.63, 3.8) is 0 Å².